The first-order valence-corrected chi connectivity index (χ1v) is 8.35. The van der Waals surface area contributed by atoms with Gasteiger partial charge in [-0.3, -0.25) is 9.10 Å². The first kappa shape index (κ1) is 15.3. The third-order valence-electron chi connectivity index (χ3n) is 3.11. The molecule has 110 valence electrons. The summed E-state index contributed by atoms with van der Waals surface area (Å²) in [6.45, 7) is 1.70. The number of hydrogen-bond acceptors (Lipinski definition) is 3. The van der Waals surface area contributed by atoms with Gasteiger partial charge in [0.05, 0.1) is 18.5 Å². The Kier molecular flexibility index (Phi) is 4.43. The number of Topliss-reactive ketones (excluding diaryl/α,β-unsaturated/α-hetero) is 1. The third-order valence-corrected chi connectivity index (χ3v) is 4.25. The fourth-order valence-corrected chi connectivity index (χ4v) is 2.91. The molecule has 0 fully saturated rings. The highest BCUT2D eigenvalue weighted by Gasteiger charge is 2.18. The lowest BCUT2D eigenvalue weighted by atomic mass is 10.1. The van der Waals surface area contributed by atoms with Crippen molar-refractivity contribution in [3.63, 3.8) is 0 Å². The fraction of sp³-hybridized carbons (Fsp3) is 0.188. The third kappa shape index (κ3) is 3.92. The van der Waals surface area contributed by atoms with Gasteiger partial charge in [-0.25, -0.2) is 8.42 Å². The molecule has 0 heterocycles. The smallest absolute Gasteiger partial charge is 0.232 e. The van der Waals surface area contributed by atoms with Crippen molar-refractivity contribution < 1.29 is 13.2 Å². The first-order valence-electron chi connectivity index (χ1n) is 6.50. The molecule has 0 saturated heterocycles. The highest BCUT2D eigenvalue weighted by molar-refractivity contribution is 7.92. The van der Waals surface area contributed by atoms with Gasteiger partial charge in [-0.2, -0.15) is 0 Å². The van der Waals surface area contributed by atoms with Gasteiger partial charge in [-0.05, 0) is 24.6 Å². The Morgan fingerprint density at radius 1 is 1.05 bits per heavy atom. The van der Waals surface area contributed by atoms with Crippen molar-refractivity contribution in [3.05, 3.63) is 65.7 Å². The van der Waals surface area contributed by atoms with Crippen LogP contribution in [0.1, 0.15) is 22.8 Å². The second-order valence-corrected chi connectivity index (χ2v) is 6.77. The van der Waals surface area contributed by atoms with E-state index in [0.717, 1.165) is 11.8 Å². The molecule has 0 aliphatic heterocycles. The molecule has 21 heavy (non-hydrogen) atoms. The topological polar surface area (TPSA) is 54.5 Å². The molecular formula is C16H17NO3S. The Morgan fingerprint density at radius 2 is 1.71 bits per heavy atom. The number of ketones is 1. The molecule has 0 saturated carbocycles. The van der Waals surface area contributed by atoms with E-state index in [9.17, 15) is 13.2 Å². The van der Waals surface area contributed by atoms with E-state index < -0.39 is 10.0 Å². The summed E-state index contributed by atoms with van der Waals surface area (Å²) >= 11 is 0. The molecule has 0 unspecified atom stereocenters. The van der Waals surface area contributed by atoms with E-state index >= 15 is 0 Å². The molecule has 0 aromatic heterocycles. The van der Waals surface area contributed by atoms with Gasteiger partial charge >= 0.3 is 0 Å². The van der Waals surface area contributed by atoms with Crippen LogP contribution in [-0.4, -0.2) is 20.5 Å². The van der Waals surface area contributed by atoms with Gasteiger partial charge in [-0.15, -0.1) is 0 Å². The normalized spacial score (nSPS) is 11.1. The SMILES string of the molecule is CC(=O)c1cccc(N(Cc2ccccc2)S(C)(=O)=O)c1. The molecule has 0 bridgehead atoms. The van der Waals surface area contributed by atoms with Crippen LogP contribution in [-0.2, 0) is 16.6 Å². The molecule has 5 heteroatoms. The number of benzene rings is 2. The number of anilines is 1. The monoisotopic (exact) mass is 303 g/mol. The Hall–Kier alpha value is -2.14. The second-order valence-electron chi connectivity index (χ2n) is 4.86. The minimum Gasteiger partial charge on any atom is -0.295 e. The summed E-state index contributed by atoms with van der Waals surface area (Å²) < 4.78 is 25.4. The average molecular weight is 303 g/mol. The lowest BCUT2D eigenvalue weighted by Crippen LogP contribution is -2.29. The molecule has 2 aromatic carbocycles. The van der Waals surface area contributed by atoms with E-state index in [1.807, 2.05) is 30.3 Å². The molecule has 2 aromatic rings. The maximum absolute atomic E-state index is 12.1. The maximum Gasteiger partial charge on any atom is 0.232 e. The predicted octanol–water partition coefficient (Wildman–Crippen LogP) is 2.86. The zero-order valence-electron chi connectivity index (χ0n) is 12.0. The molecule has 0 radical (unpaired) electrons. The van der Waals surface area contributed by atoms with E-state index in [1.54, 1.807) is 24.3 Å². The fourth-order valence-electron chi connectivity index (χ4n) is 2.03. The lowest BCUT2D eigenvalue weighted by Gasteiger charge is -2.23. The summed E-state index contributed by atoms with van der Waals surface area (Å²) in [6, 6.07) is 16.0. The molecular weight excluding hydrogens is 286 g/mol. The molecule has 0 amide bonds. The molecule has 0 atom stereocenters. The number of sulfonamides is 1. The second kappa shape index (κ2) is 6.10. The zero-order chi connectivity index (χ0) is 15.5. The minimum absolute atomic E-state index is 0.0926. The summed E-state index contributed by atoms with van der Waals surface area (Å²) in [5, 5.41) is 0. The Morgan fingerprint density at radius 3 is 2.29 bits per heavy atom. The van der Waals surface area contributed by atoms with Gasteiger partial charge < -0.3 is 0 Å². The lowest BCUT2D eigenvalue weighted by molar-refractivity contribution is 0.101. The van der Waals surface area contributed by atoms with Crippen LogP contribution in [0.4, 0.5) is 5.69 Å². The van der Waals surface area contributed by atoms with Crippen molar-refractivity contribution in [1.82, 2.24) is 0 Å². The van der Waals surface area contributed by atoms with E-state index in [2.05, 4.69) is 0 Å². The van der Waals surface area contributed by atoms with E-state index in [0.29, 0.717) is 11.3 Å². The molecule has 0 aliphatic rings. The Labute approximate surface area is 125 Å². The van der Waals surface area contributed by atoms with Crippen LogP contribution in [0.25, 0.3) is 0 Å². The number of hydrogen-bond donors (Lipinski definition) is 0. The Balaban J connectivity index is 2.42. The van der Waals surface area contributed by atoms with Crippen LogP contribution in [0.5, 0.6) is 0 Å². The summed E-state index contributed by atoms with van der Waals surface area (Å²) in [4.78, 5) is 11.5. The van der Waals surface area contributed by atoms with Crippen molar-refractivity contribution in [2.75, 3.05) is 10.6 Å². The minimum atomic E-state index is -3.44. The van der Waals surface area contributed by atoms with Crippen LogP contribution in [0, 0.1) is 0 Å². The number of carbonyl (C=O) groups is 1. The number of nitrogens with zero attached hydrogens (tertiary/aromatic N) is 1. The van der Waals surface area contributed by atoms with Gasteiger partial charge in [-0.1, -0.05) is 42.5 Å². The molecule has 2 rings (SSSR count). The quantitative estimate of drug-likeness (QED) is 0.798. The highest BCUT2D eigenvalue weighted by atomic mass is 32.2. The standard InChI is InChI=1S/C16H17NO3S/c1-13(18)15-9-6-10-16(11-15)17(21(2,19)20)12-14-7-4-3-5-8-14/h3-11H,12H2,1-2H3. The molecule has 0 spiro atoms. The first-order chi connectivity index (χ1) is 9.88. The van der Waals surface area contributed by atoms with Crippen molar-refractivity contribution in [1.29, 1.82) is 0 Å². The summed E-state index contributed by atoms with van der Waals surface area (Å²) in [5.74, 6) is -0.0926. The molecule has 0 N–H and O–H groups in total. The van der Waals surface area contributed by atoms with Crippen molar-refractivity contribution in [2.24, 2.45) is 0 Å². The van der Waals surface area contributed by atoms with Gasteiger partial charge in [0.15, 0.2) is 5.78 Å². The molecule has 0 aliphatic carbocycles. The van der Waals surface area contributed by atoms with E-state index in [1.165, 1.54) is 11.2 Å². The van der Waals surface area contributed by atoms with E-state index in [4.69, 9.17) is 0 Å². The number of carbonyl (C=O) groups excluding carboxylic acids is 1. The van der Waals surface area contributed by atoms with Crippen LogP contribution >= 0.6 is 0 Å². The summed E-state index contributed by atoms with van der Waals surface area (Å²) in [7, 11) is -3.44. The van der Waals surface area contributed by atoms with Gasteiger partial charge in [0.2, 0.25) is 10.0 Å². The zero-order valence-corrected chi connectivity index (χ0v) is 12.8. The van der Waals surface area contributed by atoms with Gasteiger partial charge in [0, 0.05) is 5.56 Å². The van der Waals surface area contributed by atoms with Crippen molar-refractivity contribution in [2.45, 2.75) is 13.5 Å². The van der Waals surface area contributed by atoms with Gasteiger partial charge in [0.1, 0.15) is 0 Å². The summed E-state index contributed by atoms with van der Waals surface area (Å²) in [5.41, 5.74) is 1.87. The van der Waals surface area contributed by atoms with Crippen molar-refractivity contribution in [3.8, 4) is 0 Å². The highest BCUT2D eigenvalue weighted by Crippen LogP contribution is 2.22. The van der Waals surface area contributed by atoms with Crippen LogP contribution in [0.3, 0.4) is 0 Å². The van der Waals surface area contributed by atoms with E-state index in [-0.39, 0.29) is 12.3 Å². The van der Waals surface area contributed by atoms with Gasteiger partial charge in [0.25, 0.3) is 0 Å². The number of rotatable bonds is 5. The predicted molar refractivity (Wildman–Crippen MR) is 83.9 cm³/mol. The van der Waals surface area contributed by atoms with Crippen molar-refractivity contribution >= 4 is 21.5 Å². The van der Waals surface area contributed by atoms with Crippen LogP contribution in [0.2, 0.25) is 0 Å². The maximum atomic E-state index is 12.1. The average Bonchev–Trinajstić information content (AvgIpc) is 2.45. The largest absolute Gasteiger partial charge is 0.295 e. The summed E-state index contributed by atoms with van der Waals surface area (Å²) in [6.07, 6.45) is 1.16. The van der Waals surface area contributed by atoms with Crippen LogP contribution in [0.15, 0.2) is 54.6 Å². The Bertz CT molecular complexity index is 739. The molecule has 4 nitrogen and oxygen atoms in total. The van der Waals surface area contributed by atoms with Crippen LogP contribution < -0.4 is 4.31 Å².